The van der Waals surface area contributed by atoms with Gasteiger partial charge in [-0.05, 0) is 25.5 Å². The summed E-state index contributed by atoms with van der Waals surface area (Å²) in [4.78, 5) is 21.4. The average Bonchev–Trinajstić information content (AvgIpc) is 2.72. The summed E-state index contributed by atoms with van der Waals surface area (Å²) in [5, 5.41) is 11.5. The Kier molecular flexibility index (Phi) is 3.41. The third-order valence-electron chi connectivity index (χ3n) is 2.92. The smallest absolute Gasteiger partial charge is 0.278 e. The molecule has 0 spiro atoms. The molecule has 0 saturated heterocycles. The van der Waals surface area contributed by atoms with Crippen molar-refractivity contribution in [3.05, 3.63) is 40.6 Å². The van der Waals surface area contributed by atoms with Crippen molar-refractivity contribution in [2.24, 2.45) is 0 Å². The maximum atomic E-state index is 10.9. The van der Waals surface area contributed by atoms with Crippen LogP contribution in [0.2, 0.25) is 0 Å². The lowest BCUT2D eigenvalue weighted by atomic mass is 10.2. The van der Waals surface area contributed by atoms with Gasteiger partial charge in [0.25, 0.3) is 5.69 Å². The van der Waals surface area contributed by atoms with E-state index < -0.39 is 0 Å². The Morgan fingerprint density at radius 1 is 1.39 bits per heavy atom. The number of Topliss-reactive ketones (excluding diaryl/α,β-unsaturated/α-hetero) is 1. The number of nitro benzene ring substituents is 1. The van der Waals surface area contributed by atoms with Crippen LogP contribution in [0.4, 0.5) is 5.69 Å². The molecule has 0 N–H and O–H groups in total. The van der Waals surface area contributed by atoms with E-state index in [4.69, 9.17) is 0 Å². The van der Waals surface area contributed by atoms with Gasteiger partial charge in [0.05, 0.1) is 15.8 Å². The van der Waals surface area contributed by atoms with Crippen LogP contribution in [0.1, 0.15) is 19.8 Å². The Morgan fingerprint density at radius 2 is 2.17 bits per heavy atom. The minimum absolute atomic E-state index is 0.123. The van der Waals surface area contributed by atoms with E-state index in [0.717, 1.165) is 11.9 Å². The summed E-state index contributed by atoms with van der Waals surface area (Å²) in [6, 6.07) is 6.79. The Bertz CT molecular complexity index is 601. The molecule has 2 aromatic rings. The number of carbonyl (C=O) groups is 1. The second-order valence-corrected chi connectivity index (χ2v) is 4.28. The van der Waals surface area contributed by atoms with Crippen molar-refractivity contribution in [1.29, 1.82) is 0 Å². The number of ketones is 1. The molecule has 0 amide bonds. The van der Waals surface area contributed by atoms with Crippen molar-refractivity contribution in [2.75, 3.05) is 0 Å². The number of non-ortho nitro benzene ring substituents is 1. The Balaban J connectivity index is 2.28. The van der Waals surface area contributed by atoms with E-state index in [2.05, 4.69) is 0 Å². The molecule has 0 radical (unpaired) electrons. The lowest BCUT2D eigenvalue weighted by Crippen LogP contribution is -1.99. The second kappa shape index (κ2) is 5.00. The van der Waals surface area contributed by atoms with Crippen LogP contribution in [0.25, 0.3) is 10.9 Å². The summed E-state index contributed by atoms with van der Waals surface area (Å²) >= 11 is 0. The van der Waals surface area contributed by atoms with Crippen LogP contribution in [0, 0.1) is 10.1 Å². The van der Waals surface area contributed by atoms with Crippen LogP contribution in [-0.2, 0) is 11.3 Å². The topological polar surface area (TPSA) is 65.1 Å². The summed E-state index contributed by atoms with van der Waals surface area (Å²) in [6.45, 7) is 2.27. The first-order valence-electron chi connectivity index (χ1n) is 5.81. The Labute approximate surface area is 104 Å². The molecule has 0 saturated carbocycles. The van der Waals surface area contributed by atoms with Crippen LogP contribution in [0.15, 0.2) is 30.5 Å². The van der Waals surface area contributed by atoms with Crippen LogP contribution in [0.5, 0.6) is 0 Å². The van der Waals surface area contributed by atoms with Crippen LogP contribution in [-0.4, -0.2) is 15.3 Å². The number of rotatable bonds is 5. The number of aromatic nitrogens is 1. The van der Waals surface area contributed by atoms with Gasteiger partial charge < -0.3 is 9.36 Å². The zero-order chi connectivity index (χ0) is 13.1. The minimum atomic E-state index is -0.373. The van der Waals surface area contributed by atoms with Gasteiger partial charge in [-0.2, -0.15) is 0 Å². The summed E-state index contributed by atoms with van der Waals surface area (Å²) in [7, 11) is 0. The van der Waals surface area contributed by atoms with Gasteiger partial charge in [-0.1, -0.05) is 6.07 Å². The van der Waals surface area contributed by atoms with Crippen LogP contribution < -0.4 is 0 Å². The highest BCUT2D eigenvalue weighted by molar-refractivity contribution is 5.89. The molecular weight excluding hydrogens is 232 g/mol. The van der Waals surface area contributed by atoms with Crippen LogP contribution in [0.3, 0.4) is 0 Å². The van der Waals surface area contributed by atoms with Gasteiger partial charge in [-0.3, -0.25) is 10.1 Å². The van der Waals surface area contributed by atoms with Crippen molar-refractivity contribution in [3.63, 3.8) is 0 Å². The molecule has 0 aliphatic heterocycles. The van der Waals surface area contributed by atoms with Gasteiger partial charge in [0.2, 0.25) is 0 Å². The Hall–Kier alpha value is -2.17. The highest BCUT2D eigenvalue weighted by atomic mass is 16.6. The van der Waals surface area contributed by atoms with Gasteiger partial charge in [-0.25, -0.2) is 0 Å². The highest BCUT2D eigenvalue weighted by Crippen LogP contribution is 2.26. The number of nitrogens with zero attached hydrogens (tertiary/aromatic N) is 2. The zero-order valence-corrected chi connectivity index (χ0v) is 10.1. The predicted molar refractivity (Wildman–Crippen MR) is 68.5 cm³/mol. The molecule has 0 bridgehead atoms. The number of fused-ring (bicyclic) bond motifs is 1. The summed E-state index contributed by atoms with van der Waals surface area (Å²) in [6.07, 6.45) is 3.12. The second-order valence-electron chi connectivity index (χ2n) is 4.28. The highest BCUT2D eigenvalue weighted by Gasteiger charge is 2.13. The van der Waals surface area contributed by atoms with Crippen molar-refractivity contribution >= 4 is 22.4 Å². The van der Waals surface area contributed by atoms with Gasteiger partial charge in [0.1, 0.15) is 5.78 Å². The van der Waals surface area contributed by atoms with Gasteiger partial charge in [0.15, 0.2) is 0 Å². The first-order chi connectivity index (χ1) is 8.59. The third kappa shape index (κ3) is 2.40. The monoisotopic (exact) mass is 246 g/mol. The van der Waals surface area contributed by atoms with E-state index in [0.29, 0.717) is 18.4 Å². The molecule has 5 nitrogen and oxygen atoms in total. The molecule has 0 aliphatic carbocycles. The SMILES string of the molecule is CC(=O)CCCn1ccc2c([N+](=O)[O-])cccc21. The number of carbonyl (C=O) groups excluding carboxylic acids is 1. The Morgan fingerprint density at radius 3 is 2.83 bits per heavy atom. The molecule has 18 heavy (non-hydrogen) atoms. The van der Waals surface area contributed by atoms with Gasteiger partial charge in [-0.15, -0.1) is 0 Å². The first-order valence-corrected chi connectivity index (χ1v) is 5.81. The van der Waals surface area contributed by atoms with Gasteiger partial charge >= 0.3 is 0 Å². The van der Waals surface area contributed by atoms with Crippen molar-refractivity contribution in [2.45, 2.75) is 26.3 Å². The van der Waals surface area contributed by atoms with Crippen molar-refractivity contribution < 1.29 is 9.72 Å². The van der Waals surface area contributed by atoms with E-state index in [1.807, 2.05) is 16.8 Å². The van der Waals surface area contributed by atoms with Crippen molar-refractivity contribution in [1.82, 2.24) is 4.57 Å². The minimum Gasteiger partial charge on any atom is -0.347 e. The normalized spacial score (nSPS) is 10.7. The molecule has 0 unspecified atom stereocenters. The van der Waals surface area contributed by atoms with Crippen LogP contribution >= 0.6 is 0 Å². The summed E-state index contributed by atoms with van der Waals surface area (Å²) < 4.78 is 1.95. The molecule has 0 aliphatic rings. The quantitative estimate of drug-likeness (QED) is 0.601. The molecule has 1 aromatic carbocycles. The van der Waals surface area contributed by atoms with E-state index in [1.165, 1.54) is 6.07 Å². The molecular formula is C13H14N2O3. The van der Waals surface area contributed by atoms with Crippen molar-refractivity contribution in [3.8, 4) is 0 Å². The third-order valence-corrected chi connectivity index (χ3v) is 2.92. The summed E-state index contributed by atoms with van der Waals surface area (Å²) in [5.41, 5.74) is 0.963. The maximum Gasteiger partial charge on any atom is 0.278 e. The zero-order valence-electron chi connectivity index (χ0n) is 10.1. The molecule has 0 fully saturated rings. The number of nitro groups is 1. The lowest BCUT2D eigenvalue weighted by Gasteiger charge is -2.04. The molecule has 0 atom stereocenters. The standard InChI is InChI=1S/C13H14N2O3/c1-10(16)4-3-8-14-9-7-11-12(14)5-2-6-13(11)15(17)18/h2,5-7,9H,3-4,8H2,1H3. The molecule has 94 valence electrons. The van der Waals surface area contributed by atoms with Gasteiger partial charge in [0, 0.05) is 25.2 Å². The fraction of sp³-hybridized carbons (Fsp3) is 0.308. The number of aryl methyl sites for hydroxylation is 1. The molecule has 1 heterocycles. The van der Waals surface area contributed by atoms with E-state index in [9.17, 15) is 14.9 Å². The van der Waals surface area contributed by atoms with E-state index in [1.54, 1.807) is 19.1 Å². The number of hydrogen-bond donors (Lipinski definition) is 0. The molecule has 2 rings (SSSR count). The molecule has 1 aromatic heterocycles. The summed E-state index contributed by atoms with van der Waals surface area (Å²) in [5.74, 6) is 0.164. The predicted octanol–water partition coefficient (Wildman–Crippen LogP) is 2.92. The largest absolute Gasteiger partial charge is 0.347 e. The maximum absolute atomic E-state index is 10.9. The fourth-order valence-corrected chi connectivity index (χ4v) is 2.06. The number of benzene rings is 1. The molecule has 5 heteroatoms. The van der Waals surface area contributed by atoms with E-state index in [-0.39, 0.29) is 16.4 Å². The lowest BCUT2D eigenvalue weighted by molar-refractivity contribution is -0.383. The van der Waals surface area contributed by atoms with E-state index >= 15 is 0 Å². The number of hydrogen-bond acceptors (Lipinski definition) is 3. The first kappa shape index (κ1) is 12.3. The average molecular weight is 246 g/mol. The fourth-order valence-electron chi connectivity index (χ4n) is 2.06.